The molecule has 0 spiro atoms. The van der Waals surface area contributed by atoms with Crippen LogP contribution < -0.4 is 5.32 Å². The Hall–Kier alpha value is -1.88. The van der Waals surface area contributed by atoms with Gasteiger partial charge in [-0.1, -0.05) is 30.3 Å². The molecule has 0 aliphatic heterocycles. The number of aliphatic carboxylic acids is 1. The predicted molar refractivity (Wildman–Crippen MR) is 61.4 cm³/mol. The largest absolute Gasteiger partial charge is 0.480 e. The van der Waals surface area contributed by atoms with Gasteiger partial charge in [0.25, 0.3) is 5.91 Å². The van der Waals surface area contributed by atoms with Crippen LogP contribution in [0.2, 0.25) is 0 Å². The third-order valence-electron chi connectivity index (χ3n) is 2.57. The molecule has 1 atom stereocenters. The lowest BCUT2D eigenvalue weighted by Crippen LogP contribution is -2.45. The van der Waals surface area contributed by atoms with Crippen molar-refractivity contribution in [2.24, 2.45) is 0 Å². The molecule has 2 N–H and O–H groups in total. The van der Waals surface area contributed by atoms with E-state index < -0.39 is 24.0 Å². The van der Waals surface area contributed by atoms with Crippen molar-refractivity contribution in [1.82, 2.24) is 5.32 Å². The number of methoxy groups -OCH3 is 1. The Morgan fingerprint density at radius 2 is 1.94 bits per heavy atom. The molecule has 0 heterocycles. The van der Waals surface area contributed by atoms with E-state index >= 15 is 0 Å². The normalized spacial score (nSPS) is 13.8. The molecule has 1 aromatic rings. The second-order valence-corrected chi connectivity index (χ2v) is 3.68. The molecule has 0 aromatic heterocycles. The molecule has 0 saturated heterocycles. The van der Waals surface area contributed by atoms with Gasteiger partial charge in [-0.15, -0.1) is 0 Å². The van der Waals surface area contributed by atoms with E-state index in [1.165, 1.54) is 7.11 Å². The van der Waals surface area contributed by atoms with Crippen LogP contribution in [0.4, 0.5) is 0 Å². The van der Waals surface area contributed by atoms with Crippen LogP contribution >= 0.6 is 0 Å². The SMILES string of the molecule is COC(C)(C(=O)NCC(=O)O)c1ccccc1. The van der Waals surface area contributed by atoms with Gasteiger partial charge in [-0.05, 0) is 12.5 Å². The molecule has 0 radical (unpaired) electrons. The number of nitrogens with one attached hydrogen (secondary N) is 1. The second kappa shape index (κ2) is 5.45. The Morgan fingerprint density at radius 3 is 2.41 bits per heavy atom. The highest BCUT2D eigenvalue weighted by Gasteiger charge is 2.35. The van der Waals surface area contributed by atoms with Gasteiger partial charge in [0, 0.05) is 7.11 Å². The van der Waals surface area contributed by atoms with Gasteiger partial charge in [-0.2, -0.15) is 0 Å². The predicted octanol–water partition coefficient (Wildman–Crippen LogP) is 0.749. The van der Waals surface area contributed by atoms with Crippen LogP contribution in [0.15, 0.2) is 30.3 Å². The molecule has 17 heavy (non-hydrogen) atoms. The number of hydrogen-bond donors (Lipinski definition) is 2. The standard InChI is InChI=1S/C12H15NO4/c1-12(17-2,9-6-4-3-5-7-9)11(16)13-8-10(14)15/h3-7H,8H2,1-2H3,(H,13,16)(H,14,15). The fourth-order valence-corrected chi connectivity index (χ4v) is 1.42. The summed E-state index contributed by atoms with van der Waals surface area (Å²) in [5.41, 5.74) is -0.512. The summed E-state index contributed by atoms with van der Waals surface area (Å²) in [4.78, 5) is 22.3. The highest BCUT2D eigenvalue weighted by molar-refractivity contribution is 5.88. The maximum Gasteiger partial charge on any atom is 0.322 e. The van der Waals surface area contributed by atoms with Crippen molar-refractivity contribution in [2.75, 3.05) is 13.7 Å². The number of amides is 1. The van der Waals surface area contributed by atoms with Crippen molar-refractivity contribution in [3.05, 3.63) is 35.9 Å². The minimum absolute atomic E-state index is 0.426. The van der Waals surface area contributed by atoms with E-state index in [9.17, 15) is 9.59 Å². The van der Waals surface area contributed by atoms with Crippen LogP contribution in [0.3, 0.4) is 0 Å². The summed E-state index contributed by atoms with van der Waals surface area (Å²) >= 11 is 0. The summed E-state index contributed by atoms with van der Waals surface area (Å²) in [6.07, 6.45) is 0. The summed E-state index contributed by atoms with van der Waals surface area (Å²) in [5.74, 6) is -1.57. The molecule has 5 heteroatoms. The summed E-state index contributed by atoms with van der Waals surface area (Å²) in [7, 11) is 1.41. The fraction of sp³-hybridized carbons (Fsp3) is 0.333. The van der Waals surface area contributed by atoms with Gasteiger partial charge in [-0.25, -0.2) is 0 Å². The first kappa shape index (κ1) is 13.2. The summed E-state index contributed by atoms with van der Waals surface area (Å²) < 4.78 is 5.21. The van der Waals surface area contributed by atoms with Crippen molar-refractivity contribution >= 4 is 11.9 Å². The maximum absolute atomic E-state index is 11.9. The number of ether oxygens (including phenoxy) is 1. The highest BCUT2D eigenvalue weighted by Crippen LogP contribution is 2.24. The Bertz CT molecular complexity index is 404. The molecular formula is C12H15NO4. The average Bonchev–Trinajstić information content (AvgIpc) is 2.35. The first-order valence-electron chi connectivity index (χ1n) is 5.11. The molecule has 0 aliphatic carbocycles. The van der Waals surface area contributed by atoms with E-state index in [0.29, 0.717) is 5.56 Å². The third kappa shape index (κ3) is 3.04. The number of carboxylic acid groups (broad SMARTS) is 1. The summed E-state index contributed by atoms with van der Waals surface area (Å²) in [5, 5.41) is 10.8. The summed E-state index contributed by atoms with van der Waals surface area (Å²) in [6, 6.07) is 8.91. The fourth-order valence-electron chi connectivity index (χ4n) is 1.42. The van der Waals surface area contributed by atoms with E-state index in [4.69, 9.17) is 9.84 Å². The molecule has 0 fully saturated rings. The number of rotatable bonds is 5. The van der Waals surface area contributed by atoms with E-state index in [1.54, 1.807) is 31.2 Å². The lowest BCUT2D eigenvalue weighted by molar-refractivity contribution is -0.146. The second-order valence-electron chi connectivity index (χ2n) is 3.68. The summed E-state index contributed by atoms with van der Waals surface area (Å²) in [6.45, 7) is 1.17. The minimum Gasteiger partial charge on any atom is -0.480 e. The third-order valence-corrected chi connectivity index (χ3v) is 2.57. The molecule has 92 valence electrons. The van der Waals surface area contributed by atoms with Gasteiger partial charge in [0.15, 0.2) is 5.60 Å². The van der Waals surface area contributed by atoms with E-state index in [-0.39, 0.29) is 0 Å². The smallest absolute Gasteiger partial charge is 0.322 e. The zero-order valence-electron chi connectivity index (χ0n) is 9.77. The Balaban J connectivity index is 2.88. The Kier molecular flexibility index (Phi) is 4.23. The van der Waals surface area contributed by atoms with Gasteiger partial charge < -0.3 is 15.2 Å². The van der Waals surface area contributed by atoms with Gasteiger partial charge in [0.05, 0.1) is 0 Å². The lowest BCUT2D eigenvalue weighted by Gasteiger charge is -2.26. The monoisotopic (exact) mass is 237 g/mol. The van der Waals surface area contributed by atoms with Gasteiger partial charge in [0.1, 0.15) is 6.54 Å². The maximum atomic E-state index is 11.9. The van der Waals surface area contributed by atoms with Crippen LogP contribution in [0.25, 0.3) is 0 Å². The van der Waals surface area contributed by atoms with E-state index in [2.05, 4.69) is 5.32 Å². The zero-order valence-corrected chi connectivity index (χ0v) is 9.77. The molecular weight excluding hydrogens is 222 g/mol. The first-order valence-corrected chi connectivity index (χ1v) is 5.11. The van der Waals surface area contributed by atoms with Crippen LogP contribution in [0.5, 0.6) is 0 Å². The highest BCUT2D eigenvalue weighted by atomic mass is 16.5. The molecule has 0 bridgehead atoms. The van der Waals surface area contributed by atoms with E-state index in [0.717, 1.165) is 0 Å². The molecule has 1 aromatic carbocycles. The zero-order chi connectivity index (χ0) is 12.9. The van der Waals surface area contributed by atoms with Crippen LogP contribution in [0.1, 0.15) is 12.5 Å². The van der Waals surface area contributed by atoms with Gasteiger partial charge >= 0.3 is 5.97 Å². The number of carbonyl (C=O) groups excluding carboxylic acids is 1. The van der Waals surface area contributed by atoms with Crippen molar-refractivity contribution in [3.63, 3.8) is 0 Å². The van der Waals surface area contributed by atoms with Crippen LogP contribution in [-0.2, 0) is 19.9 Å². The first-order chi connectivity index (χ1) is 8.00. The number of hydrogen-bond acceptors (Lipinski definition) is 3. The molecule has 1 unspecified atom stereocenters. The van der Waals surface area contributed by atoms with Crippen molar-refractivity contribution in [1.29, 1.82) is 0 Å². The average molecular weight is 237 g/mol. The molecule has 1 rings (SSSR count). The van der Waals surface area contributed by atoms with Crippen LogP contribution in [-0.4, -0.2) is 30.6 Å². The quantitative estimate of drug-likeness (QED) is 0.792. The molecule has 1 amide bonds. The molecule has 0 saturated carbocycles. The molecule has 5 nitrogen and oxygen atoms in total. The van der Waals surface area contributed by atoms with Crippen molar-refractivity contribution in [2.45, 2.75) is 12.5 Å². The van der Waals surface area contributed by atoms with Crippen LogP contribution in [0, 0.1) is 0 Å². The number of carbonyl (C=O) groups is 2. The number of benzene rings is 1. The Morgan fingerprint density at radius 1 is 1.35 bits per heavy atom. The topological polar surface area (TPSA) is 75.6 Å². The lowest BCUT2D eigenvalue weighted by atomic mass is 9.95. The Labute approximate surface area is 99.4 Å². The van der Waals surface area contributed by atoms with Gasteiger partial charge in [-0.3, -0.25) is 9.59 Å². The minimum atomic E-state index is -1.18. The molecule has 0 aliphatic rings. The van der Waals surface area contributed by atoms with E-state index in [1.807, 2.05) is 6.07 Å². The van der Waals surface area contributed by atoms with Gasteiger partial charge in [0.2, 0.25) is 0 Å². The number of carboxylic acids is 1. The van der Waals surface area contributed by atoms with Crippen molar-refractivity contribution in [3.8, 4) is 0 Å². The van der Waals surface area contributed by atoms with Crippen molar-refractivity contribution < 1.29 is 19.4 Å².